The third-order valence-corrected chi connectivity index (χ3v) is 4.17. The lowest BCUT2D eigenvalue weighted by Gasteiger charge is -2.35. The van der Waals surface area contributed by atoms with E-state index in [0.717, 1.165) is 18.4 Å². The van der Waals surface area contributed by atoms with Gasteiger partial charge in [0.25, 0.3) is 0 Å². The lowest BCUT2D eigenvalue weighted by molar-refractivity contribution is 0.138. The van der Waals surface area contributed by atoms with E-state index in [-0.39, 0.29) is 0 Å². The molecule has 2 unspecified atom stereocenters. The lowest BCUT2D eigenvalue weighted by Crippen LogP contribution is -2.39. The highest BCUT2D eigenvalue weighted by Gasteiger charge is 2.21. The molecule has 0 saturated carbocycles. The van der Waals surface area contributed by atoms with E-state index in [1.165, 1.54) is 38.2 Å². The molecule has 1 aromatic rings. The van der Waals surface area contributed by atoms with Crippen molar-refractivity contribution in [3.05, 3.63) is 30.3 Å². The van der Waals surface area contributed by atoms with Gasteiger partial charge in [0.05, 0.1) is 0 Å². The third kappa shape index (κ3) is 4.02. The van der Waals surface area contributed by atoms with Gasteiger partial charge in [0.15, 0.2) is 0 Å². The van der Waals surface area contributed by atoms with Gasteiger partial charge in [-0.05, 0) is 49.9 Å². The molecular weight excluding hydrogens is 220 g/mol. The van der Waals surface area contributed by atoms with Crippen molar-refractivity contribution in [2.24, 2.45) is 11.8 Å². The zero-order valence-electron chi connectivity index (χ0n) is 11.7. The lowest BCUT2D eigenvalue weighted by atomic mass is 9.89. The van der Waals surface area contributed by atoms with Gasteiger partial charge in [-0.3, -0.25) is 0 Å². The molecule has 2 rings (SSSR count). The van der Waals surface area contributed by atoms with E-state index in [0.29, 0.717) is 0 Å². The standard InChI is InChI=1S/C16H26N2/c1-14-9-12-18(13-15(14)2)11-6-10-17-16-7-4-3-5-8-16/h3-5,7-8,14-15,17H,6,9-13H2,1-2H3. The second kappa shape index (κ2) is 6.79. The molecule has 100 valence electrons. The average molecular weight is 246 g/mol. The van der Waals surface area contributed by atoms with Gasteiger partial charge in [-0.15, -0.1) is 0 Å². The monoisotopic (exact) mass is 246 g/mol. The second-order valence-electron chi connectivity index (χ2n) is 5.69. The minimum atomic E-state index is 0.862. The van der Waals surface area contributed by atoms with Crippen molar-refractivity contribution in [1.82, 2.24) is 4.90 Å². The van der Waals surface area contributed by atoms with Gasteiger partial charge in [0.1, 0.15) is 0 Å². The zero-order chi connectivity index (χ0) is 12.8. The van der Waals surface area contributed by atoms with Crippen molar-refractivity contribution < 1.29 is 0 Å². The summed E-state index contributed by atoms with van der Waals surface area (Å²) in [5.41, 5.74) is 1.23. The summed E-state index contributed by atoms with van der Waals surface area (Å²) in [6.45, 7) is 9.66. The summed E-state index contributed by atoms with van der Waals surface area (Å²) in [7, 11) is 0. The van der Waals surface area contributed by atoms with E-state index in [9.17, 15) is 0 Å². The largest absolute Gasteiger partial charge is 0.385 e. The van der Waals surface area contributed by atoms with E-state index >= 15 is 0 Å². The molecule has 0 aliphatic carbocycles. The Hall–Kier alpha value is -1.02. The molecule has 1 aliphatic heterocycles. The first kappa shape index (κ1) is 13.4. The molecule has 0 bridgehead atoms. The van der Waals surface area contributed by atoms with Crippen LogP contribution in [-0.4, -0.2) is 31.1 Å². The van der Waals surface area contributed by atoms with Gasteiger partial charge >= 0.3 is 0 Å². The van der Waals surface area contributed by atoms with Crippen LogP contribution in [0, 0.1) is 11.8 Å². The number of piperidine rings is 1. The maximum absolute atomic E-state index is 3.48. The summed E-state index contributed by atoms with van der Waals surface area (Å²) < 4.78 is 0. The predicted molar refractivity (Wildman–Crippen MR) is 78.9 cm³/mol. The number of hydrogen-bond acceptors (Lipinski definition) is 2. The minimum Gasteiger partial charge on any atom is -0.385 e. The van der Waals surface area contributed by atoms with Crippen LogP contribution in [0.25, 0.3) is 0 Å². The SMILES string of the molecule is CC1CCN(CCCNc2ccccc2)CC1C. The average Bonchev–Trinajstić information content (AvgIpc) is 2.40. The third-order valence-electron chi connectivity index (χ3n) is 4.17. The van der Waals surface area contributed by atoms with Gasteiger partial charge in [-0.2, -0.15) is 0 Å². The van der Waals surface area contributed by atoms with Crippen molar-refractivity contribution in [1.29, 1.82) is 0 Å². The molecule has 1 aromatic carbocycles. The molecule has 1 saturated heterocycles. The zero-order valence-corrected chi connectivity index (χ0v) is 11.7. The van der Waals surface area contributed by atoms with Crippen molar-refractivity contribution in [3.63, 3.8) is 0 Å². The first-order valence-corrected chi connectivity index (χ1v) is 7.27. The van der Waals surface area contributed by atoms with Crippen molar-refractivity contribution in [2.75, 3.05) is 31.5 Å². The van der Waals surface area contributed by atoms with E-state index in [1.807, 2.05) is 0 Å². The Morgan fingerprint density at radius 3 is 2.67 bits per heavy atom. The topological polar surface area (TPSA) is 15.3 Å². The van der Waals surface area contributed by atoms with Gasteiger partial charge in [0.2, 0.25) is 0 Å². The summed E-state index contributed by atoms with van der Waals surface area (Å²) in [5.74, 6) is 1.77. The number of para-hydroxylation sites is 1. The van der Waals surface area contributed by atoms with Crippen LogP contribution in [0.5, 0.6) is 0 Å². The Morgan fingerprint density at radius 2 is 1.94 bits per heavy atom. The fraction of sp³-hybridized carbons (Fsp3) is 0.625. The van der Waals surface area contributed by atoms with Crippen LogP contribution < -0.4 is 5.32 Å². The molecule has 2 atom stereocenters. The number of hydrogen-bond donors (Lipinski definition) is 1. The molecule has 2 heteroatoms. The molecule has 1 N–H and O–H groups in total. The first-order valence-electron chi connectivity index (χ1n) is 7.27. The number of rotatable bonds is 5. The molecule has 2 nitrogen and oxygen atoms in total. The van der Waals surface area contributed by atoms with E-state index in [4.69, 9.17) is 0 Å². The maximum Gasteiger partial charge on any atom is 0.0340 e. The van der Waals surface area contributed by atoms with Crippen molar-refractivity contribution >= 4 is 5.69 Å². The van der Waals surface area contributed by atoms with Gasteiger partial charge in [0, 0.05) is 18.8 Å². The molecular formula is C16H26N2. The van der Waals surface area contributed by atoms with E-state index in [1.54, 1.807) is 0 Å². The summed E-state index contributed by atoms with van der Waals surface area (Å²) in [4.78, 5) is 2.62. The molecule has 0 spiro atoms. The van der Waals surface area contributed by atoms with Gasteiger partial charge in [-0.25, -0.2) is 0 Å². The smallest absolute Gasteiger partial charge is 0.0340 e. The number of anilines is 1. The number of nitrogens with zero attached hydrogens (tertiary/aromatic N) is 1. The molecule has 0 radical (unpaired) electrons. The Bertz CT molecular complexity index is 336. The molecule has 0 amide bonds. The highest BCUT2D eigenvalue weighted by atomic mass is 15.1. The molecule has 1 heterocycles. The van der Waals surface area contributed by atoms with Crippen LogP contribution in [0.3, 0.4) is 0 Å². The summed E-state index contributed by atoms with van der Waals surface area (Å²) in [6, 6.07) is 10.5. The quantitative estimate of drug-likeness (QED) is 0.800. The summed E-state index contributed by atoms with van der Waals surface area (Å²) >= 11 is 0. The Morgan fingerprint density at radius 1 is 1.17 bits per heavy atom. The van der Waals surface area contributed by atoms with Crippen LogP contribution in [0.2, 0.25) is 0 Å². The predicted octanol–water partition coefficient (Wildman–Crippen LogP) is 3.47. The Kier molecular flexibility index (Phi) is 5.06. The van der Waals surface area contributed by atoms with E-state index in [2.05, 4.69) is 54.4 Å². The normalized spacial score (nSPS) is 25.0. The van der Waals surface area contributed by atoms with Gasteiger partial charge in [-0.1, -0.05) is 32.0 Å². The maximum atomic E-state index is 3.48. The highest BCUT2D eigenvalue weighted by Crippen LogP contribution is 2.22. The number of nitrogens with one attached hydrogen (secondary N) is 1. The Labute approximate surface area is 111 Å². The first-order chi connectivity index (χ1) is 8.75. The van der Waals surface area contributed by atoms with Crippen LogP contribution in [0.4, 0.5) is 5.69 Å². The van der Waals surface area contributed by atoms with Crippen LogP contribution >= 0.6 is 0 Å². The van der Waals surface area contributed by atoms with Crippen LogP contribution in [0.15, 0.2) is 30.3 Å². The molecule has 1 aliphatic rings. The molecule has 0 aromatic heterocycles. The second-order valence-corrected chi connectivity index (χ2v) is 5.69. The van der Waals surface area contributed by atoms with Crippen molar-refractivity contribution in [2.45, 2.75) is 26.7 Å². The number of likely N-dealkylation sites (tertiary alicyclic amines) is 1. The van der Waals surface area contributed by atoms with Crippen LogP contribution in [0.1, 0.15) is 26.7 Å². The van der Waals surface area contributed by atoms with Crippen molar-refractivity contribution in [3.8, 4) is 0 Å². The summed E-state index contributed by atoms with van der Waals surface area (Å²) in [5, 5.41) is 3.48. The van der Waals surface area contributed by atoms with Crippen LogP contribution in [-0.2, 0) is 0 Å². The summed E-state index contributed by atoms with van der Waals surface area (Å²) in [6.07, 6.45) is 2.60. The fourth-order valence-electron chi connectivity index (χ4n) is 2.64. The molecule has 18 heavy (non-hydrogen) atoms. The number of benzene rings is 1. The van der Waals surface area contributed by atoms with Gasteiger partial charge < -0.3 is 10.2 Å². The minimum absolute atomic E-state index is 0.862. The fourth-order valence-corrected chi connectivity index (χ4v) is 2.64. The Balaban J connectivity index is 1.61. The highest BCUT2D eigenvalue weighted by molar-refractivity contribution is 5.42. The molecule has 1 fully saturated rings. The van der Waals surface area contributed by atoms with E-state index < -0.39 is 0 Å².